The molecule has 1 saturated carbocycles. The van der Waals surface area contributed by atoms with Crippen LogP contribution in [0.4, 0.5) is 0 Å². The topological polar surface area (TPSA) is 23.5 Å². The van der Waals surface area contributed by atoms with Crippen molar-refractivity contribution in [2.75, 3.05) is 19.6 Å². The number of phenolic OH excluding ortho intramolecular Hbond substituents is 1. The summed E-state index contributed by atoms with van der Waals surface area (Å²) >= 11 is 0. The Bertz CT molecular complexity index is 413. The molecule has 0 unspecified atom stereocenters. The van der Waals surface area contributed by atoms with Gasteiger partial charge in [-0.05, 0) is 49.4 Å². The molecule has 2 nitrogen and oxygen atoms in total. The Hall–Kier alpha value is -1.02. The molecule has 0 aromatic heterocycles. The smallest absolute Gasteiger partial charge is 0.115 e. The summed E-state index contributed by atoms with van der Waals surface area (Å²) in [7, 11) is 0. The highest BCUT2D eigenvalue weighted by atomic mass is 16.3. The van der Waals surface area contributed by atoms with E-state index in [9.17, 15) is 5.11 Å². The normalized spacial score (nSPS) is 29.7. The molecule has 0 amide bonds. The lowest BCUT2D eigenvalue weighted by molar-refractivity contribution is 0.304. The lowest BCUT2D eigenvalue weighted by atomic mass is 9.82. The third kappa shape index (κ3) is 2.32. The zero-order valence-electron chi connectivity index (χ0n) is 10.5. The van der Waals surface area contributed by atoms with E-state index in [4.69, 9.17) is 0 Å². The van der Waals surface area contributed by atoms with Crippen LogP contribution in [0.3, 0.4) is 0 Å². The second-order valence-corrected chi connectivity index (χ2v) is 6.04. The minimum absolute atomic E-state index is 0.230. The van der Waals surface area contributed by atoms with Crippen molar-refractivity contribution in [2.45, 2.75) is 31.6 Å². The highest BCUT2D eigenvalue weighted by Crippen LogP contribution is 2.38. The van der Waals surface area contributed by atoms with Gasteiger partial charge >= 0.3 is 0 Å². The fourth-order valence-electron chi connectivity index (χ4n) is 2.99. The Balaban J connectivity index is 1.73. The average Bonchev–Trinajstić information content (AvgIpc) is 3.02. The van der Waals surface area contributed by atoms with Gasteiger partial charge in [-0.1, -0.05) is 19.1 Å². The van der Waals surface area contributed by atoms with Gasteiger partial charge in [-0.2, -0.15) is 0 Å². The zero-order chi connectivity index (χ0) is 11.9. The summed E-state index contributed by atoms with van der Waals surface area (Å²) in [6.07, 6.45) is 4.07. The van der Waals surface area contributed by atoms with Crippen molar-refractivity contribution in [3.05, 3.63) is 29.8 Å². The summed E-state index contributed by atoms with van der Waals surface area (Å²) < 4.78 is 0. The Labute approximate surface area is 103 Å². The van der Waals surface area contributed by atoms with Crippen LogP contribution in [0.25, 0.3) is 0 Å². The van der Waals surface area contributed by atoms with Gasteiger partial charge in [-0.15, -0.1) is 0 Å². The fourth-order valence-corrected chi connectivity index (χ4v) is 2.99. The van der Waals surface area contributed by atoms with Crippen molar-refractivity contribution < 1.29 is 5.11 Å². The van der Waals surface area contributed by atoms with E-state index >= 15 is 0 Å². The number of likely N-dealkylation sites (tertiary alicyclic amines) is 1. The molecule has 92 valence electrons. The van der Waals surface area contributed by atoms with Crippen LogP contribution in [0.1, 0.15) is 31.7 Å². The molecule has 0 spiro atoms. The molecule has 0 radical (unpaired) electrons. The van der Waals surface area contributed by atoms with Gasteiger partial charge in [0.15, 0.2) is 0 Å². The first kappa shape index (κ1) is 11.1. The Morgan fingerprint density at radius 2 is 2.24 bits per heavy atom. The van der Waals surface area contributed by atoms with Gasteiger partial charge < -0.3 is 10.0 Å². The molecule has 1 heterocycles. The van der Waals surface area contributed by atoms with E-state index in [1.165, 1.54) is 37.9 Å². The van der Waals surface area contributed by atoms with Gasteiger partial charge in [0.1, 0.15) is 5.75 Å². The van der Waals surface area contributed by atoms with E-state index in [-0.39, 0.29) is 5.41 Å². The quantitative estimate of drug-likeness (QED) is 0.864. The van der Waals surface area contributed by atoms with Crippen LogP contribution in [-0.4, -0.2) is 29.6 Å². The number of rotatable bonds is 3. The zero-order valence-corrected chi connectivity index (χ0v) is 10.5. The maximum atomic E-state index is 9.60. The van der Waals surface area contributed by atoms with Gasteiger partial charge in [-0.3, -0.25) is 0 Å². The summed E-state index contributed by atoms with van der Waals surface area (Å²) in [5, 5.41) is 9.60. The van der Waals surface area contributed by atoms with Crippen LogP contribution in [0.5, 0.6) is 5.75 Å². The Morgan fingerprint density at radius 3 is 2.94 bits per heavy atom. The number of hydrogen-bond donors (Lipinski definition) is 1. The minimum Gasteiger partial charge on any atom is -0.508 e. The van der Waals surface area contributed by atoms with Crippen LogP contribution < -0.4 is 0 Å². The average molecular weight is 231 g/mol. The first-order valence-corrected chi connectivity index (χ1v) is 6.68. The lowest BCUT2D eigenvalue weighted by Gasteiger charge is -2.25. The second kappa shape index (κ2) is 4.02. The molecule has 2 fully saturated rings. The maximum Gasteiger partial charge on any atom is 0.115 e. The van der Waals surface area contributed by atoms with Gasteiger partial charge in [0, 0.05) is 18.5 Å². The largest absolute Gasteiger partial charge is 0.508 e. The molecule has 1 aliphatic carbocycles. The van der Waals surface area contributed by atoms with Crippen LogP contribution in [-0.2, 0) is 5.41 Å². The monoisotopic (exact) mass is 231 g/mol. The first-order chi connectivity index (χ1) is 8.16. The van der Waals surface area contributed by atoms with Gasteiger partial charge in [-0.25, -0.2) is 0 Å². The molecular formula is C15H21NO. The van der Waals surface area contributed by atoms with Crippen molar-refractivity contribution in [3.8, 4) is 5.75 Å². The van der Waals surface area contributed by atoms with Gasteiger partial charge in [0.05, 0.1) is 0 Å². The summed E-state index contributed by atoms with van der Waals surface area (Å²) in [6.45, 7) is 5.97. The van der Waals surface area contributed by atoms with E-state index < -0.39 is 0 Å². The molecular weight excluding hydrogens is 210 g/mol. The third-order valence-electron chi connectivity index (χ3n) is 4.31. The Morgan fingerprint density at radius 1 is 1.41 bits per heavy atom. The molecule has 1 N–H and O–H groups in total. The summed E-state index contributed by atoms with van der Waals surface area (Å²) in [5.41, 5.74) is 1.52. The number of aromatic hydroxyl groups is 1. The Kier molecular flexibility index (Phi) is 2.62. The van der Waals surface area contributed by atoms with E-state index in [1.54, 1.807) is 6.07 Å². The predicted octanol–water partition coefficient (Wildman–Crippen LogP) is 2.77. The molecule has 1 saturated heterocycles. The lowest BCUT2D eigenvalue weighted by Crippen LogP contribution is -2.29. The molecule has 1 aliphatic heterocycles. The molecule has 1 aromatic rings. The van der Waals surface area contributed by atoms with Crippen molar-refractivity contribution in [2.24, 2.45) is 5.92 Å². The standard InChI is InChI=1S/C15H21NO/c1-15(13-3-2-4-14(17)9-13)7-8-16(11-15)10-12-5-6-12/h2-4,9,12,17H,5-8,10-11H2,1H3/t15-/m1/s1. The number of nitrogens with zero attached hydrogens (tertiary/aromatic N) is 1. The molecule has 3 rings (SSSR count). The number of hydrogen-bond acceptors (Lipinski definition) is 2. The van der Waals surface area contributed by atoms with Crippen LogP contribution >= 0.6 is 0 Å². The SMILES string of the molecule is C[C@@]1(c2cccc(O)c2)CCN(CC2CC2)C1. The number of phenols is 1. The molecule has 2 aliphatic rings. The first-order valence-electron chi connectivity index (χ1n) is 6.68. The van der Waals surface area contributed by atoms with Gasteiger partial charge in [0.2, 0.25) is 0 Å². The summed E-state index contributed by atoms with van der Waals surface area (Å²) in [4.78, 5) is 2.60. The molecule has 0 bridgehead atoms. The van der Waals surface area contributed by atoms with E-state index in [1.807, 2.05) is 12.1 Å². The summed E-state index contributed by atoms with van der Waals surface area (Å²) in [6, 6.07) is 7.80. The molecule has 2 heteroatoms. The summed E-state index contributed by atoms with van der Waals surface area (Å²) in [5.74, 6) is 1.37. The van der Waals surface area contributed by atoms with E-state index in [0.717, 1.165) is 12.5 Å². The van der Waals surface area contributed by atoms with Crippen LogP contribution in [0.15, 0.2) is 24.3 Å². The van der Waals surface area contributed by atoms with Crippen molar-refractivity contribution in [1.29, 1.82) is 0 Å². The molecule has 1 atom stereocenters. The van der Waals surface area contributed by atoms with E-state index in [2.05, 4.69) is 17.9 Å². The van der Waals surface area contributed by atoms with Crippen molar-refractivity contribution in [1.82, 2.24) is 4.90 Å². The molecule has 17 heavy (non-hydrogen) atoms. The van der Waals surface area contributed by atoms with Crippen molar-refractivity contribution >= 4 is 0 Å². The van der Waals surface area contributed by atoms with Crippen LogP contribution in [0, 0.1) is 5.92 Å². The highest BCUT2D eigenvalue weighted by molar-refractivity contribution is 5.33. The van der Waals surface area contributed by atoms with Gasteiger partial charge in [0.25, 0.3) is 0 Å². The predicted molar refractivity (Wildman–Crippen MR) is 69.2 cm³/mol. The van der Waals surface area contributed by atoms with Crippen molar-refractivity contribution in [3.63, 3.8) is 0 Å². The number of benzene rings is 1. The van der Waals surface area contributed by atoms with E-state index in [0.29, 0.717) is 5.75 Å². The minimum atomic E-state index is 0.230. The third-order valence-corrected chi connectivity index (χ3v) is 4.31. The second-order valence-electron chi connectivity index (χ2n) is 6.04. The highest BCUT2D eigenvalue weighted by Gasteiger charge is 2.37. The van der Waals surface area contributed by atoms with Crippen LogP contribution in [0.2, 0.25) is 0 Å². The fraction of sp³-hybridized carbons (Fsp3) is 0.600. The maximum absolute atomic E-state index is 9.60. The molecule has 1 aromatic carbocycles.